The number of urea groups is 1. The number of amides is 2. The summed E-state index contributed by atoms with van der Waals surface area (Å²) in [6, 6.07) is 7.70. The molecule has 1 aromatic heterocycles. The van der Waals surface area contributed by atoms with Gasteiger partial charge in [-0.3, -0.25) is 9.88 Å². The first-order chi connectivity index (χ1) is 11.6. The molecule has 0 radical (unpaired) electrons. The number of benzene rings is 1. The first kappa shape index (κ1) is 16.2. The van der Waals surface area contributed by atoms with Crippen molar-refractivity contribution in [2.45, 2.75) is 13.0 Å². The molecule has 0 aliphatic carbocycles. The second kappa shape index (κ2) is 6.84. The first-order valence-corrected chi connectivity index (χ1v) is 7.81. The fraction of sp³-hybridized carbons (Fsp3) is 0.353. The molecule has 0 bridgehead atoms. The molecule has 2 heterocycles. The van der Waals surface area contributed by atoms with Crippen molar-refractivity contribution < 1.29 is 19.4 Å². The Bertz CT molecular complexity index is 758. The topological polar surface area (TPSA) is 83.0 Å². The van der Waals surface area contributed by atoms with Crippen LogP contribution >= 0.6 is 0 Å². The summed E-state index contributed by atoms with van der Waals surface area (Å²) in [7, 11) is 0. The number of nitrogens with zero attached hydrogens (tertiary/aromatic N) is 3. The van der Waals surface area contributed by atoms with Gasteiger partial charge in [0.05, 0.1) is 18.7 Å². The lowest BCUT2D eigenvalue weighted by atomic mass is 10.1. The van der Waals surface area contributed by atoms with Crippen LogP contribution in [0.25, 0.3) is 10.9 Å². The van der Waals surface area contributed by atoms with Crippen LogP contribution in [0.5, 0.6) is 0 Å². The lowest BCUT2D eigenvalue weighted by Gasteiger charge is -2.34. The second-order valence-corrected chi connectivity index (χ2v) is 5.65. The molecule has 7 nitrogen and oxygen atoms in total. The Morgan fingerprint density at radius 2 is 2.04 bits per heavy atom. The largest absolute Gasteiger partial charge is 0.480 e. The van der Waals surface area contributed by atoms with E-state index in [1.54, 1.807) is 35.4 Å². The van der Waals surface area contributed by atoms with Crippen molar-refractivity contribution in [1.82, 2.24) is 9.88 Å². The molecule has 1 saturated heterocycles. The molecule has 7 heteroatoms. The summed E-state index contributed by atoms with van der Waals surface area (Å²) in [5.41, 5.74) is 1.34. The third-order valence-corrected chi connectivity index (χ3v) is 4.10. The van der Waals surface area contributed by atoms with Crippen LogP contribution < -0.4 is 4.90 Å². The number of carbonyl (C=O) groups is 2. The predicted octanol–water partition coefficient (Wildman–Crippen LogP) is 1.97. The normalized spacial score (nSPS) is 16.0. The van der Waals surface area contributed by atoms with E-state index in [0.29, 0.717) is 32.0 Å². The van der Waals surface area contributed by atoms with Crippen molar-refractivity contribution in [2.75, 3.05) is 31.2 Å². The minimum Gasteiger partial charge on any atom is -0.480 e. The molecule has 126 valence electrons. The molecule has 1 fully saturated rings. The summed E-state index contributed by atoms with van der Waals surface area (Å²) in [4.78, 5) is 31.6. The third-order valence-electron chi connectivity index (χ3n) is 4.10. The number of carbonyl (C=O) groups excluding carboxylic acids is 1. The SMILES string of the molecule is C[C@H](C(=O)O)N(C(=O)N1CCOCC1)c1ccc2ncccc2c1. The fourth-order valence-corrected chi connectivity index (χ4v) is 2.73. The van der Waals surface area contributed by atoms with Gasteiger partial charge in [0, 0.05) is 30.4 Å². The molecular formula is C17H19N3O4. The van der Waals surface area contributed by atoms with Crippen LogP contribution in [0.4, 0.5) is 10.5 Å². The molecule has 1 aliphatic rings. The van der Waals surface area contributed by atoms with Crippen LogP contribution in [-0.2, 0) is 9.53 Å². The molecule has 0 unspecified atom stereocenters. The summed E-state index contributed by atoms with van der Waals surface area (Å²) in [6.07, 6.45) is 1.69. The van der Waals surface area contributed by atoms with Crippen molar-refractivity contribution in [3.8, 4) is 0 Å². The van der Waals surface area contributed by atoms with Gasteiger partial charge in [0.15, 0.2) is 0 Å². The molecule has 1 N–H and O–H groups in total. The number of morpholine rings is 1. The Hall–Kier alpha value is -2.67. The van der Waals surface area contributed by atoms with Gasteiger partial charge in [-0.05, 0) is 31.2 Å². The number of aliphatic carboxylic acids is 1. The lowest BCUT2D eigenvalue weighted by Crippen LogP contribution is -2.53. The van der Waals surface area contributed by atoms with Gasteiger partial charge in [-0.2, -0.15) is 0 Å². The van der Waals surface area contributed by atoms with Gasteiger partial charge in [0.1, 0.15) is 6.04 Å². The van der Waals surface area contributed by atoms with Crippen LogP contribution in [0.2, 0.25) is 0 Å². The number of carboxylic acids is 1. The second-order valence-electron chi connectivity index (χ2n) is 5.65. The van der Waals surface area contributed by atoms with Crippen molar-refractivity contribution in [3.63, 3.8) is 0 Å². The summed E-state index contributed by atoms with van der Waals surface area (Å²) in [6.45, 7) is 3.34. The molecule has 1 atom stereocenters. The maximum absolute atomic E-state index is 12.9. The standard InChI is InChI=1S/C17H19N3O4/c1-12(16(21)22)20(17(23)19-7-9-24-10-8-19)14-4-5-15-13(11-14)3-2-6-18-15/h2-6,11-12H,7-10H2,1H3,(H,21,22)/t12-/m1/s1. The average molecular weight is 329 g/mol. The zero-order valence-corrected chi connectivity index (χ0v) is 13.4. The number of carboxylic acid groups (broad SMARTS) is 1. The lowest BCUT2D eigenvalue weighted by molar-refractivity contribution is -0.138. The highest BCUT2D eigenvalue weighted by Gasteiger charge is 2.31. The maximum atomic E-state index is 12.9. The fourth-order valence-electron chi connectivity index (χ4n) is 2.73. The van der Waals surface area contributed by atoms with Gasteiger partial charge < -0.3 is 14.7 Å². The number of hydrogen-bond donors (Lipinski definition) is 1. The minimum atomic E-state index is -1.05. The smallest absolute Gasteiger partial charge is 0.326 e. The zero-order valence-electron chi connectivity index (χ0n) is 13.4. The van der Waals surface area contributed by atoms with E-state index in [-0.39, 0.29) is 6.03 Å². The average Bonchev–Trinajstić information content (AvgIpc) is 2.62. The van der Waals surface area contributed by atoms with Gasteiger partial charge in [0.2, 0.25) is 0 Å². The molecule has 3 rings (SSSR count). The van der Waals surface area contributed by atoms with Crippen LogP contribution in [0.3, 0.4) is 0 Å². The van der Waals surface area contributed by atoms with E-state index in [1.165, 1.54) is 11.8 Å². The quantitative estimate of drug-likeness (QED) is 0.931. The number of aromatic nitrogens is 1. The summed E-state index contributed by atoms with van der Waals surface area (Å²) < 4.78 is 5.26. The van der Waals surface area contributed by atoms with Gasteiger partial charge >= 0.3 is 12.0 Å². The Balaban J connectivity index is 1.99. The number of anilines is 1. The number of ether oxygens (including phenoxy) is 1. The van der Waals surface area contributed by atoms with E-state index in [9.17, 15) is 14.7 Å². The number of pyridine rings is 1. The zero-order chi connectivity index (χ0) is 17.1. The van der Waals surface area contributed by atoms with E-state index >= 15 is 0 Å². The van der Waals surface area contributed by atoms with Crippen molar-refractivity contribution in [3.05, 3.63) is 36.5 Å². The summed E-state index contributed by atoms with van der Waals surface area (Å²) in [5, 5.41) is 10.3. The van der Waals surface area contributed by atoms with Gasteiger partial charge in [-0.1, -0.05) is 6.07 Å². The van der Waals surface area contributed by atoms with E-state index in [4.69, 9.17) is 4.74 Å². The Labute approximate surface area is 139 Å². The molecule has 0 saturated carbocycles. The van der Waals surface area contributed by atoms with Crippen LogP contribution in [0.15, 0.2) is 36.5 Å². The van der Waals surface area contributed by atoms with E-state index in [1.807, 2.05) is 6.07 Å². The molecule has 0 spiro atoms. The van der Waals surface area contributed by atoms with Crippen molar-refractivity contribution in [2.24, 2.45) is 0 Å². The summed E-state index contributed by atoms with van der Waals surface area (Å²) >= 11 is 0. The Kier molecular flexibility index (Phi) is 4.61. The third kappa shape index (κ3) is 3.16. The van der Waals surface area contributed by atoms with Gasteiger partial charge in [-0.15, -0.1) is 0 Å². The summed E-state index contributed by atoms with van der Waals surface area (Å²) in [5.74, 6) is -1.05. The predicted molar refractivity (Wildman–Crippen MR) is 89.1 cm³/mol. The maximum Gasteiger partial charge on any atom is 0.326 e. The van der Waals surface area contributed by atoms with Crippen LogP contribution in [0.1, 0.15) is 6.92 Å². The monoisotopic (exact) mass is 329 g/mol. The molecule has 1 aromatic carbocycles. The number of rotatable bonds is 3. The van der Waals surface area contributed by atoms with Crippen molar-refractivity contribution in [1.29, 1.82) is 0 Å². The molecule has 2 amide bonds. The highest BCUT2D eigenvalue weighted by atomic mass is 16.5. The first-order valence-electron chi connectivity index (χ1n) is 7.81. The Morgan fingerprint density at radius 3 is 2.75 bits per heavy atom. The van der Waals surface area contributed by atoms with Crippen molar-refractivity contribution >= 4 is 28.6 Å². The highest BCUT2D eigenvalue weighted by molar-refractivity contribution is 5.99. The van der Waals surface area contributed by atoms with E-state index in [0.717, 1.165) is 10.9 Å². The number of fused-ring (bicyclic) bond motifs is 1. The van der Waals surface area contributed by atoms with Gasteiger partial charge in [0.25, 0.3) is 0 Å². The molecular weight excluding hydrogens is 310 g/mol. The molecule has 2 aromatic rings. The van der Waals surface area contributed by atoms with Gasteiger partial charge in [-0.25, -0.2) is 9.59 Å². The Morgan fingerprint density at radius 1 is 1.29 bits per heavy atom. The highest BCUT2D eigenvalue weighted by Crippen LogP contribution is 2.24. The van der Waals surface area contributed by atoms with Crippen LogP contribution in [-0.4, -0.2) is 59.3 Å². The minimum absolute atomic E-state index is 0.323. The van der Waals surface area contributed by atoms with Crippen LogP contribution in [0, 0.1) is 0 Å². The number of hydrogen-bond acceptors (Lipinski definition) is 4. The van der Waals surface area contributed by atoms with E-state index < -0.39 is 12.0 Å². The molecule has 24 heavy (non-hydrogen) atoms. The van der Waals surface area contributed by atoms with E-state index in [2.05, 4.69) is 4.98 Å². The molecule has 1 aliphatic heterocycles.